The standard InChI is InChI=1S/C14H21ClN2O2/c1-17(10-12-4-6-13(15)7-5-12)11-14(18)16-8-3-9-19-2/h4-7H,3,8-11H2,1-2H3,(H,16,18). The van der Waals surface area contributed by atoms with Crippen LogP contribution in [0.5, 0.6) is 0 Å². The number of rotatable bonds is 8. The van der Waals surface area contributed by atoms with Crippen molar-refractivity contribution < 1.29 is 9.53 Å². The van der Waals surface area contributed by atoms with Crippen molar-refractivity contribution >= 4 is 17.5 Å². The van der Waals surface area contributed by atoms with Crippen LogP contribution in [0.15, 0.2) is 24.3 Å². The first-order valence-corrected chi connectivity index (χ1v) is 6.68. The minimum Gasteiger partial charge on any atom is -0.385 e. The number of carbonyl (C=O) groups is 1. The normalized spacial score (nSPS) is 10.7. The largest absolute Gasteiger partial charge is 0.385 e. The van der Waals surface area contributed by atoms with Gasteiger partial charge in [-0.05, 0) is 31.2 Å². The number of benzene rings is 1. The molecule has 5 heteroatoms. The van der Waals surface area contributed by atoms with Gasteiger partial charge in [0.2, 0.25) is 5.91 Å². The summed E-state index contributed by atoms with van der Waals surface area (Å²) in [7, 11) is 3.57. The number of likely N-dealkylation sites (N-methyl/N-ethyl adjacent to an activating group) is 1. The minimum absolute atomic E-state index is 0.0348. The molecule has 0 bridgehead atoms. The summed E-state index contributed by atoms with van der Waals surface area (Å²) < 4.78 is 4.92. The highest BCUT2D eigenvalue weighted by molar-refractivity contribution is 6.30. The molecule has 0 heterocycles. The van der Waals surface area contributed by atoms with Crippen molar-refractivity contribution in [2.75, 3.05) is 33.9 Å². The van der Waals surface area contributed by atoms with Crippen LogP contribution in [-0.2, 0) is 16.1 Å². The Labute approximate surface area is 119 Å². The van der Waals surface area contributed by atoms with Gasteiger partial charge in [0.15, 0.2) is 0 Å². The van der Waals surface area contributed by atoms with Crippen molar-refractivity contribution in [3.63, 3.8) is 0 Å². The minimum atomic E-state index is 0.0348. The van der Waals surface area contributed by atoms with Gasteiger partial charge in [-0.3, -0.25) is 9.69 Å². The maximum atomic E-state index is 11.6. The number of amides is 1. The summed E-state index contributed by atoms with van der Waals surface area (Å²) in [5, 5.41) is 3.59. The first kappa shape index (κ1) is 16.0. The van der Waals surface area contributed by atoms with Gasteiger partial charge in [-0.2, -0.15) is 0 Å². The Kier molecular flexibility index (Phi) is 7.48. The van der Waals surface area contributed by atoms with Crippen LogP contribution in [0.25, 0.3) is 0 Å². The quantitative estimate of drug-likeness (QED) is 0.742. The van der Waals surface area contributed by atoms with Crippen molar-refractivity contribution in [3.8, 4) is 0 Å². The maximum Gasteiger partial charge on any atom is 0.234 e. The Morgan fingerprint density at radius 2 is 2.05 bits per heavy atom. The molecule has 4 nitrogen and oxygen atoms in total. The van der Waals surface area contributed by atoms with E-state index in [1.54, 1.807) is 7.11 Å². The van der Waals surface area contributed by atoms with Crippen LogP contribution in [-0.4, -0.2) is 44.7 Å². The van der Waals surface area contributed by atoms with E-state index in [9.17, 15) is 4.79 Å². The SMILES string of the molecule is COCCCNC(=O)CN(C)Cc1ccc(Cl)cc1. The number of hydrogen-bond donors (Lipinski definition) is 1. The number of ether oxygens (including phenoxy) is 1. The molecule has 0 fully saturated rings. The summed E-state index contributed by atoms with van der Waals surface area (Å²) in [5.41, 5.74) is 1.14. The monoisotopic (exact) mass is 284 g/mol. The van der Waals surface area contributed by atoms with Crippen LogP contribution in [0.4, 0.5) is 0 Å². The first-order valence-electron chi connectivity index (χ1n) is 6.30. The second-order valence-corrected chi connectivity index (χ2v) is 4.93. The lowest BCUT2D eigenvalue weighted by Crippen LogP contribution is -2.35. The van der Waals surface area contributed by atoms with E-state index in [1.165, 1.54) is 0 Å². The lowest BCUT2D eigenvalue weighted by molar-refractivity contribution is -0.122. The van der Waals surface area contributed by atoms with Crippen LogP contribution < -0.4 is 5.32 Å². The Bertz CT molecular complexity index is 382. The molecule has 19 heavy (non-hydrogen) atoms. The summed E-state index contributed by atoms with van der Waals surface area (Å²) in [6.07, 6.45) is 0.836. The summed E-state index contributed by atoms with van der Waals surface area (Å²) in [6.45, 7) is 2.43. The third-order valence-corrected chi connectivity index (χ3v) is 2.88. The van der Waals surface area contributed by atoms with E-state index in [2.05, 4.69) is 5.32 Å². The number of nitrogens with zero attached hydrogens (tertiary/aromatic N) is 1. The van der Waals surface area contributed by atoms with Crippen molar-refractivity contribution in [2.45, 2.75) is 13.0 Å². The van der Waals surface area contributed by atoms with Crippen molar-refractivity contribution in [1.29, 1.82) is 0 Å². The van der Waals surface area contributed by atoms with Gasteiger partial charge < -0.3 is 10.1 Å². The molecule has 0 aliphatic heterocycles. The van der Waals surface area contributed by atoms with Gasteiger partial charge in [0, 0.05) is 31.8 Å². The Morgan fingerprint density at radius 3 is 2.68 bits per heavy atom. The van der Waals surface area contributed by atoms with E-state index in [1.807, 2.05) is 36.2 Å². The maximum absolute atomic E-state index is 11.6. The molecule has 1 aromatic rings. The zero-order valence-electron chi connectivity index (χ0n) is 11.5. The van der Waals surface area contributed by atoms with Gasteiger partial charge in [-0.15, -0.1) is 0 Å². The highest BCUT2D eigenvalue weighted by Crippen LogP contribution is 2.10. The molecular formula is C14H21ClN2O2. The van der Waals surface area contributed by atoms with Crippen LogP contribution in [0, 0.1) is 0 Å². The molecule has 0 radical (unpaired) electrons. The molecule has 1 N–H and O–H groups in total. The first-order chi connectivity index (χ1) is 9.11. The number of nitrogens with one attached hydrogen (secondary N) is 1. The van der Waals surface area contributed by atoms with E-state index in [-0.39, 0.29) is 5.91 Å². The molecule has 0 saturated carbocycles. The lowest BCUT2D eigenvalue weighted by Gasteiger charge is -2.16. The van der Waals surface area contributed by atoms with Gasteiger partial charge in [-0.25, -0.2) is 0 Å². The van der Waals surface area contributed by atoms with Crippen molar-refractivity contribution in [3.05, 3.63) is 34.9 Å². The van der Waals surface area contributed by atoms with Gasteiger partial charge in [-0.1, -0.05) is 23.7 Å². The van der Waals surface area contributed by atoms with E-state index in [0.29, 0.717) is 19.7 Å². The number of carbonyl (C=O) groups excluding carboxylic acids is 1. The van der Waals surface area contributed by atoms with Gasteiger partial charge in [0.1, 0.15) is 0 Å². The highest BCUT2D eigenvalue weighted by atomic mass is 35.5. The molecule has 1 rings (SSSR count). The molecule has 0 atom stereocenters. The van der Waals surface area contributed by atoms with Crippen molar-refractivity contribution in [1.82, 2.24) is 10.2 Å². The van der Waals surface area contributed by atoms with Gasteiger partial charge in [0.25, 0.3) is 0 Å². The smallest absolute Gasteiger partial charge is 0.234 e. The predicted molar refractivity (Wildman–Crippen MR) is 77.3 cm³/mol. The fourth-order valence-corrected chi connectivity index (χ4v) is 1.83. The number of methoxy groups -OCH3 is 1. The third-order valence-electron chi connectivity index (χ3n) is 2.63. The van der Waals surface area contributed by atoms with Crippen LogP contribution in [0.1, 0.15) is 12.0 Å². The zero-order chi connectivity index (χ0) is 14.1. The molecule has 106 valence electrons. The molecule has 0 aliphatic carbocycles. The molecule has 1 amide bonds. The molecular weight excluding hydrogens is 264 g/mol. The topological polar surface area (TPSA) is 41.6 Å². The Balaban J connectivity index is 2.24. The van der Waals surface area contributed by atoms with Gasteiger partial charge >= 0.3 is 0 Å². The van der Waals surface area contributed by atoms with E-state index in [0.717, 1.165) is 23.6 Å². The average Bonchev–Trinajstić information content (AvgIpc) is 2.37. The van der Waals surface area contributed by atoms with Crippen LogP contribution in [0.2, 0.25) is 5.02 Å². The van der Waals surface area contributed by atoms with Crippen LogP contribution in [0.3, 0.4) is 0 Å². The second kappa shape index (κ2) is 8.91. The second-order valence-electron chi connectivity index (χ2n) is 4.50. The van der Waals surface area contributed by atoms with E-state index in [4.69, 9.17) is 16.3 Å². The van der Waals surface area contributed by atoms with E-state index < -0.39 is 0 Å². The third kappa shape index (κ3) is 7.15. The molecule has 0 spiro atoms. The fraction of sp³-hybridized carbons (Fsp3) is 0.500. The highest BCUT2D eigenvalue weighted by Gasteiger charge is 2.06. The molecule has 0 aromatic heterocycles. The summed E-state index contributed by atoms with van der Waals surface area (Å²) in [4.78, 5) is 13.6. The number of hydrogen-bond acceptors (Lipinski definition) is 3. The van der Waals surface area contributed by atoms with Crippen LogP contribution >= 0.6 is 11.6 Å². The Hall–Kier alpha value is -1.10. The van der Waals surface area contributed by atoms with Gasteiger partial charge in [0.05, 0.1) is 6.54 Å². The summed E-state index contributed by atoms with van der Waals surface area (Å²) in [6, 6.07) is 7.65. The fourth-order valence-electron chi connectivity index (χ4n) is 1.70. The summed E-state index contributed by atoms with van der Waals surface area (Å²) >= 11 is 5.83. The molecule has 0 saturated heterocycles. The molecule has 0 aliphatic rings. The van der Waals surface area contributed by atoms with Crippen molar-refractivity contribution in [2.24, 2.45) is 0 Å². The molecule has 0 unspecified atom stereocenters. The zero-order valence-corrected chi connectivity index (χ0v) is 12.2. The van der Waals surface area contributed by atoms with E-state index >= 15 is 0 Å². The lowest BCUT2D eigenvalue weighted by atomic mass is 10.2. The average molecular weight is 285 g/mol. The summed E-state index contributed by atoms with van der Waals surface area (Å²) in [5.74, 6) is 0.0348. The predicted octanol–water partition coefficient (Wildman–Crippen LogP) is 1.92. The number of halogens is 1. The Morgan fingerprint density at radius 1 is 1.37 bits per heavy atom. The molecule has 1 aromatic carbocycles.